The summed E-state index contributed by atoms with van der Waals surface area (Å²) in [6, 6.07) is 6.49. The molecule has 0 bridgehead atoms. The maximum Gasteiger partial charge on any atom is 0.123 e. The average molecular weight is 247 g/mol. The molecule has 3 nitrogen and oxygen atoms in total. The summed E-state index contributed by atoms with van der Waals surface area (Å²) in [4.78, 5) is 0. The number of nitrogens with one attached hydrogen (secondary N) is 1. The predicted octanol–water partition coefficient (Wildman–Crippen LogP) is 2.88. The number of fused-ring (bicyclic) bond motifs is 1. The topological polar surface area (TPSA) is 45.4 Å². The number of benzene rings is 1. The molecule has 0 amide bonds. The van der Waals surface area contributed by atoms with Crippen LogP contribution in [0.25, 0.3) is 0 Å². The molecule has 18 heavy (non-hydrogen) atoms. The number of hydrogen-bond donors (Lipinski definition) is 2. The Hall–Kier alpha value is -1.81. The molecule has 0 fully saturated rings. The number of furan rings is 1. The summed E-state index contributed by atoms with van der Waals surface area (Å²) in [6.45, 7) is 0. The zero-order valence-corrected chi connectivity index (χ0v) is 9.77. The molecule has 0 spiro atoms. The van der Waals surface area contributed by atoms with E-state index in [2.05, 4.69) is 5.32 Å². The Morgan fingerprint density at radius 2 is 2.22 bits per heavy atom. The van der Waals surface area contributed by atoms with Crippen LogP contribution in [0.15, 0.2) is 41.2 Å². The molecule has 2 atom stereocenters. The molecule has 3 rings (SSSR count). The van der Waals surface area contributed by atoms with Crippen molar-refractivity contribution in [3.8, 4) is 0 Å². The fourth-order valence-electron chi connectivity index (χ4n) is 2.42. The second-order valence-electron chi connectivity index (χ2n) is 4.65. The molecule has 2 N–H and O–H groups in total. The van der Waals surface area contributed by atoms with Gasteiger partial charge in [0.2, 0.25) is 0 Å². The van der Waals surface area contributed by atoms with Crippen LogP contribution in [-0.4, -0.2) is 11.2 Å². The lowest BCUT2D eigenvalue weighted by Gasteiger charge is -2.17. The summed E-state index contributed by atoms with van der Waals surface area (Å²) in [5.41, 5.74) is 2.68. The lowest BCUT2D eigenvalue weighted by molar-refractivity contribution is 0.161. The summed E-state index contributed by atoms with van der Waals surface area (Å²) < 4.78 is 18.3. The number of halogens is 1. The van der Waals surface area contributed by atoms with E-state index in [-0.39, 0.29) is 11.9 Å². The van der Waals surface area contributed by atoms with Crippen LogP contribution in [-0.2, 0) is 6.42 Å². The molecule has 1 aliphatic rings. The smallest absolute Gasteiger partial charge is 0.123 e. The lowest BCUT2D eigenvalue weighted by Crippen LogP contribution is -2.15. The fraction of sp³-hybridized carbons (Fsp3) is 0.286. The van der Waals surface area contributed by atoms with Gasteiger partial charge in [0, 0.05) is 17.7 Å². The number of aliphatic hydroxyl groups excluding tert-OH is 1. The highest BCUT2D eigenvalue weighted by atomic mass is 19.1. The van der Waals surface area contributed by atoms with Crippen molar-refractivity contribution < 1.29 is 13.9 Å². The molecule has 2 aromatic rings. The highest BCUT2D eigenvalue weighted by Gasteiger charge is 2.23. The SMILES string of the molecule is O[C@@H]1Cc2cc(F)ccc2N[C@H](c2ccoc2)C1. The number of rotatable bonds is 1. The van der Waals surface area contributed by atoms with Crippen molar-refractivity contribution in [1.82, 2.24) is 0 Å². The van der Waals surface area contributed by atoms with Gasteiger partial charge in [-0.2, -0.15) is 0 Å². The van der Waals surface area contributed by atoms with Crippen LogP contribution in [0.5, 0.6) is 0 Å². The van der Waals surface area contributed by atoms with Crippen molar-refractivity contribution in [3.05, 3.63) is 53.7 Å². The first-order valence-corrected chi connectivity index (χ1v) is 5.97. The van der Waals surface area contributed by atoms with Crippen LogP contribution in [0.4, 0.5) is 10.1 Å². The third-order valence-corrected chi connectivity index (χ3v) is 3.31. The molecule has 1 aliphatic heterocycles. The van der Waals surface area contributed by atoms with Crippen molar-refractivity contribution >= 4 is 5.69 Å². The maximum atomic E-state index is 13.2. The Morgan fingerprint density at radius 3 is 3.00 bits per heavy atom. The van der Waals surface area contributed by atoms with Crippen LogP contribution in [0.3, 0.4) is 0 Å². The van der Waals surface area contributed by atoms with Crippen molar-refractivity contribution in [3.63, 3.8) is 0 Å². The van der Waals surface area contributed by atoms with Crippen LogP contribution in [0, 0.1) is 5.82 Å². The van der Waals surface area contributed by atoms with E-state index < -0.39 is 6.10 Å². The van der Waals surface area contributed by atoms with E-state index in [0.717, 1.165) is 16.8 Å². The van der Waals surface area contributed by atoms with Crippen molar-refractivity contribution in [2.24, 2.45) is 0 Å². The Labute approximate surface area is 104 Å². The normalized spacial score (nSPS) is 23.0. The van der Waals surface area contributed by atoms with Crippen LogP contribution >= 0.6 is 0 Å². The predicted molar refractivity (Wildman–Crippen MR) is 65.8 cm³/mol. The molecule has 4 heteroatoms. The van der Waals surface area contributed by atoms with E-state index in [1.807, 2.05) is 6.07 Å². The van der Waals surface area contributed by atoms with Gasteiger partial charge in [-0.15, -0.1) is 0 Å². The van der Waals surface area contributed by atoms with E-state index >= 15 is 0 Å². The summed E-state index contributed by atoms with van der Waals surface area (Å²) in [6.07, 6.45) is 3.84. The Bertz CT molecular complexity index is 539. The van der Waals surface area contributed by atoms with Gasteiger partial charge in [0.15, 0.2) is 0 Å². The van der Waals surface area contributed by atoms with Gasteiger partial charge >= 0.3 is 0 Å². The molecule has 0 radical (unpaired) electrons. The molecule has 0 saturated heterocycles. The maximum absolute atomic E-state index is 13.2. The van der Waals surface area contributed by atoms with Gasteiger partial charge in [0.1, 0.15) is 5.82 Å². The van der Waals surface area contributed by atoms with Gasteiger partial charge < -0.3 is 14.8 Å². The Kier molecular flexibility index (Phi) is 2.80. The summed E-state index contributed by atoms with van der Waals surface area (Å²) >= 11 is 0. The molecule has 0 aliphatic carbocycles. The number of hydrogen-bond acceptors (Lipinski definition) is 3. The zero-order valence-electron chi connectivity index (χ0n) is 9.77. The second kappa shape index (κ2) is 4.46. The summed E-state index contributed by atoms with van der Waals surface area (Å²) in [5, 5.41) is 13.3. The van der Waals surface area contributed by atoms with Crippen LogP contribution in [0.1, 0.15) is 23.6 Å². The Morgan fingerprint density at radius 1 is 1.33 bits per heavy atom. The van der Waals surface area contributed by atoms with Gasteiger partial charge in [-0.3, -0.25) is 0 Å². The molecule has 1 aromatic carbocycles. The third-order valence-electron chi connectivity index (χ3n) is 3.31. The van der Waals surface area contributed by atoms with Gasteiger partial charge in [0.05, 0.1) is 24.7 Å². The van der Waals surface area contributed by atoms with E-state index in [9.17, 15) is 9.50 Å². The minimum absolute atomic E-state index is 0.00883. The van der Waals surface area contributed by atoms with E-state index in [1.165, 1.54) is 12.1 Å². The quantitative estimate of drug-likeness (QED) is 0.814. The third kappa shape index (κ3) is 2.11. The first-order valence-electron chi connectivity index (χ1n) is 5.97. The molecule has 2 heterocycles. The minimum Gasteiger partial charge on any atom is -0.472 e. The standard InChI is InChI=1S/C14H14FNO2/c15-11-1-2-13-10(5-11)6-12(17)7-14(16-13)9-3-4-18-8-9/h1-5,8,12,14,16-17H,6-7H2/t12-,14+/m1/s1. The zero-order chi connectivity index (χ0) is 12.5. The highest BCUT2D eigenvalue weighted by Crippen LogP contribution is 2.32. The summed E-state index contributed by atoms with van der Waals surface area (Å²) in [7, 11) is 0. The van der Waals surface area contributed by atoms with Gasteiger partial charge in [-0.25, -0.2) is 4.39 Å². The van der Waals surface area contributed by atoms with Crippen molar-refractivity contribution in [1.29, 1.82) is 0 Å². The van der Waals surface area contributed by atoms with Crippen LogP contribution in [0.2, 0.25) is 0 Å². The van der Waals surface area contributed by atoms with Gasteiger partial charge in [-0.05, 0) is 36.2 Å². The lowest BCUT2D eigenvalue weighted by atomic mass is 10.0. The van der Waals surface area contributed by atoms with Crippen LogP contribution < -0.4 is 5.32 Å². The van der Waals surface area contributed by atoms with Gasteiger partial charge in [-0.1, -0.05) is 0 Å². The second-order valence-corrected chi connectivity index (χ2v) is 4.65. The van der Waals surface area contributed by atoms with E-state index in [0.29, 0.717) is 12.8 Å². The molecular formula is C14H14FNO2. The van der Waals surface area contributed by atoms with Gasteiger partial charge in [0.25, 0.3) is 0 Å². The van der Waals surface area contributed by atoms with Crippen molar-refractivity contribution in [2.75, 3.05) is 5.32 Å². The number of anilines is 1. The average Bonchev–Trinajstić information content (AvgIpc) is 2.80. The first kappa shape index (κ1) is 11.3. The molecular weight excluding hydrogens is 233 g/mol. The van der Waals surface area contributed by atoms with Crippen molar-refractivity contribution in [2.45, 2.75) is 25.0 Å². The largest absolute Gasteiger partial charge is 0.472 e. The monoisotopic (exact) mass is 247 g/mol. The fourth-order valence-corrected chi connectivity index (χ4v) is 2.42. The minimum atomic E-state index is -0.486. The Balaban J connectivity index is 1.96. The highest BCUT2D eigenvalue weighted by molar-refractivity contribution is 5.54. The number of aliphatic hydroxyl groups is 1. The first-order chi connectivity index (χ1) is 8.72. The molecule has 1 aromatic heterocycles. The molecule has 0 unspecified atom stereocenters. The molecule has 94 valence electrons. The summed E-state index contributed by atoms with van der Waals surface area (Å²) in [5.74, 6) is -0.274. The van der Waals surface area contributed by atoms with E-state index in [1.54, 1.807) is 18.6 Å². The molecule has 0 saturated carbocycles. The van der Waals surface area contributed by atoms with E-state index in [4.69, 9.17) is 4.42 Å².